The number of quaternary nitrogens is 1. The first-order valence-corrected chi connectivity index (χ1v) is 12.4. The summed E-state index contributed by atoms with van der Waals surface area (Å²) < 4.78 is 0. The van der Waals surface area contributed by atoms with Crippen LogP contribution in [0.4, 0.5) is 5.69 Å². The van der Waals surface area contributed by atoms with Crippen LogP contribution >= 0.6 is 23.2 Å². The molecule has 4 N–H and O–H groups in total. The van der Waals surface area contributed by atoms with Crippen molar-refractivity contribution < 1.29 is 25.1 Å². The maximum absolute atomic E-state index is 12.9. The number of aliphatic hydroxyl groups is 2. The molecule has 182 valence electrons. The van der Waals surface area contributed by atoms with Gasteiger partial charge < -0.3 is 20.0 Å². The Morgan fingerprint density at radius 3 is 2.64 bits per heavy atom. The summed E-state index contributed by atoms with van der Waals surface area (Å²) in [6.45, 7) is 4.47. The molecule has 1 aliphatic carbocycles. The van der Waals surface area contributed by atoms with Gasteiger partial charge in [0.1, 0.15) is 5.69 Å². The number of piperidine rings is 1. The molecule has 3 atom stereocenters. The van der Waals surface area contributed by atoms with Gasteiger partial charge in [-0.25, -0.2) is 4.90 Å². The average molecular weight is 500 g/mol. The van der Waals surface area contributed by atoms with Gasteiger partial charge in [-0.3, -0.25) is 14.9 Å². The van der Waals surface area contributed by atoms with Crippen LogP contribution in [-0.2, 0) is 9.59 Å². The van der Waals surface area contributed by atoms with Crippen LogP contribution in [-0.4, -0.2) is 87.9 Å². The van der Waals surface area contributed by atoms with Crippen LogP contribution in [0.25, 0.3) is 0 Å². The van der Waals surface area contributed by atoms with E-state index in [2.05, 4.69) is 0 Å². The fraction of sp³-hybridized carbons (Fsp3) is 0.652. The molecule has 3 fully saturated rings. The normalized spacial score (nSPS) is 26.0. The lowest BCUT2D eigenvalue weighted by atomic mass is 9.90. The van der Waals surface area contributed by atoms with Crippen molar-refractivity contribution in [2.24, 2.45) is 5.41 Å². The molecular formula is C23H33Cl2N4O4+. The molecule has 0 radical (unpaired) electrons. The van der Waals surface area contributed by atoms with Gasteiger partial charge in [0.25, 0.3) is 6.35 Å². The standard InChI is InChI=1S/C23H32Cl2N4O4/c1-15-21(32)27(9-2-3-20(31)28-10-8-23(6-7-23)19(30)14-28)11-12-29(15)22(33)26-16-4-5-17(24)18(25)13-16/h4-5,13,15,19,22,26,30,33H,2-3,6-12,14H2,1H3/p+1. The molecule has 4 rings (SSSR count). The summed E-state index contributed by atoms with van der Waals surface area (Å²) in [5.74, 6) is -0.00492. The Balaban J connectivity index is 1.22. The van der Waals surface area contributed by atoms with E-state index in [1.807, 2.05) is 0 Å². The summed E-state index contributed by atoms with van der Waals surface area (Å²) in [6.07, 6.45) is 2.66. The molecule has 3 aliphatic rings. The van der Waals surface area contributed by atoms with E-state index in [4.69, 9.17) is 23.2 Å². The number of carbonyl (C=O) groups is 2. The number of nitrogens with two attached hydrogens (primary N) is 1. The quantitative estimate of drug-likeness (QED) is 0.385. The molecule has 1 saturated carbocycles. The van der Waals surface area contributed by atoms with Gasteiger partial charge in [0, 0.05) is 51.3 Å². The maximum Gasteiger partial charge on any atom is 0.255 e. The van der Waals surface area contributed by atoms with E-state index >= 15 is 0 Å². The van der Waals surface area contributed by atoms with Crippen molar-refractivity contribution in [3.8, 4) is 0 Å². The topological polar surface area (TPSA) is 101 Å². The minimum Gasteiger partial charge on any atom is -0.391 e. The monoisotopic (exact) mass is 499 g/mol. The second kappa shape index (κ2) is 10.1. The average Bonchev–Trinajstić information content (AvgIpc) is 3.56. The third-order valence-corrected chi connectivity index (χ3v) is 8.20. The number of nitrogens with zero attached hydrogens (tertiary/aromatic N) is 3. The number of rotatable bonds is 7. The highest BCUT2D eigenvalue weighted by atomic mass is 35.5. The van der Waals surface area contributed by atoms with E-state index in [1.54, 1.807) is 45.1 Å². The van der Waals surface area contributed by atoms with Crippen LogP contribution in [0, 0.1) is 5.41 Å². The van der Waals surface area contributed by atoms with Crippen molar-refractivity contribution in [3.05, 3.63) is 28.2 Å². The van der Waals surface area contributed by atoms with Crippen molar-refractivity contribution in [1.29, 1.82) is 0 Å². The minimum absolute atomic E-state index is 0.0512. The third-order valence-electron chi connectivity index (χ3n) is 7.46. The number of amides is 2. The fourth-order valence-corrected chi connectivity index (χ4v) is 5.29. The Bertz CT molecular complexity index is 897. The molecule has 0 bridgehead atoms. The van der Waals surface area contributed by atoms with E-state index < -0.39 is 18.5 Å². The van der Waals surface area contributed by atoms with Crippen LogP contribution < -0.4 is 5.32 Å². The van der Waals surface area contributed by atoms with Gasteiger partial charge in [-0.15, -0.1) is 0 Å². The van der Waals surface area contributed by atoms with E-state index in [1.165, 1.54) is 0 Å². The van der Waals surface area contributed by atoms with Crippen LogP contribution in [0.3, 0.4) is 0 Å². The number of halogens is 2. The lowest BCUT2D eigenvalue weighted by Gasteiger charge is -2.40. The highest BCUT2D eigenvalue weighted by Crippen LogP contribution is 2.53. The SMILES string of the molecule is CC1C(=O)N(CCCC(=O)N2CCC3(CC3)C(O)C2)CCN1C(O)[NH2+]c1ccc(Cl)c(Cl)c1. The summed E-state index contributed by atoms with van der Waals surface area (Å²) in [5, 5.41) is 23.5. The molecule has 8 nitrogen and oxygen atoms in total. The zero-order valence-electron chi connectivity index (χ0n) is 18.9. The molecule has 33 heavy (non-hydrogen) atoms. The molecule has 1 aromatic rings. The van der Waals surface area contributed by atoms with Gasteiger partial charge in [-0.2, -0.15) is 0 Å². The summed E-state index contributed by atoms with van der Waals surface area (Å²) >= 11 is 12.0. The number of piperazine rings is 1. The number of aliphatic hydroxyl groups excluding tert-OH is 2. The molecular weight excluding hydrogens is 467 g/mol. The first-order valence-electron chi connectivity index (χ1n) is 11.7. The van der Waals surface area contributed by atoms with Gasteiger partial charge in [0.05, 0.1) is 22.2 Å². The van der Waals surface area contributed by atoms with Gasteiger partial charge in [0.2, 0.25) is 11.8 Å². The first-order chi connectivity index (χ1) is 15.7. The third kappa shape index (κ3) is 5.47. The van der Waals surface area contributed by atoms with Crippen LogP contribution in [0.1, 0.15) is 39.0 Å². The second-order valence-corrected chi connectivity index (χ2v) is 10.4. The van der Waals surface area contributed by atoms with Crippen molar-refractivity contribution in [1.82, 2.24) is 14.7 Å². The number of likely N-dealkylation sites (tertiary alicyclic amines) is 1. The Kier molecular flexibility index (Phi) is 7.53. The molecule has 10 heteroatoms. The number of β-amino-alcohol motifs (C(OH)–C–C–N with tert-alkyl or cyclic N) is 1. The van der Waals surface area contributed by atoms with Crippen LogP contribution in [0.2, 0.25) is 10.0 Å². The van der Waals surface area contributed by atoms with Crippen molar-refractivity contribution in [2.75, 3.05) is 32.7 Å². The summed E-state index contributed by atoms with van der Waals surface area (Å²) in [7, 11) is 0. The molecule has 1 aromatic carbocycles. The fourth-order valence-electron chi connectivity index (χ4n) is 4.98. The number of hydrogen-bond donors (Lipinski definition) is 3. The smallest absolute Gasteiger partial charge is 0.255 e. The highest BCUT2D eigenvalue weighted by Gasteiger charge is 2.51. The number of carbonyl (C=O) groups excluding carboxylic acids is 2. The summed E-state index contributed by atoms with van der Waals surface area (Å²) in [6, 6.07) is 4.64. The van der Waals surface area contributed by atoms with E-state index in [-0.39, 0.29) is 17.2 Å². The highest BCUT2D eigenvalue weighted by molar-refractivity contribution is 6.42. The molecule has 0 aromatic heterocycles. The molecule has 2 aliphatic heterocycles. The predicted octanol–water partition coefficient (Wildman–Crippen LogP) is 1.15. The van der Waals surface area contributed by atoms with Crippen molar-refractivity contribution >= 4 is 40.7 Å². The van der Waals surface area contributed by atoms with Gasteiger partial charge in [-0.05, 0) is 44.1 Å². The summed E-state index contributed by atoms with van der Waals surface area (Å²) in [4.78, 5) is 30.7. The van der Waals surface area contributed by atoms with E-state index in [9.17, 15) is 19.8 Å². The lowest BCUT2D eigenvalue weighted by molar-refractivity contribution is -0.680. The number of benzene rings is 1. The zero-order chi connectivity index (χ0) is 23.8. The Labute approximate surface area is 204 Å². The van der Waals surface area contributed by atoms with Gasteiger partial charge in [-0.1, -0.05) is 23.2 Å². The Morgan fingerprint density at radius 1 is 1.21 bits per heavy atom. The molecule has 3 unspecified atom stereocenters. The van der Waals surface area contributed by atoms with Crippen LogP contribution in [0.5, 0.6) is 0 Å². The molecule has 2 heterocycles. The second-order valence-electron chi connectivity index (χ2n) is 9.56. The maximum atomic E-state index is 12.9. The summed E-state index contributed by atoms with van der Waals surface area (Å²) in [5.41, 5.74) is 0.814. The zero-order valence-corrected chi connectivity index (χ0v) is 20.4. The molecule has 2 saturated heterocycles. The molecule has 2 amide bonds. The van der Waals surface area contributed by atoms with Crippen molar-refractivity contribution in [2.45, 2.75) is 57.5 Å². The van der Waals surface area contributed by atoms with Crippen molar-refractivity contribution in [3.63, 3.8) is 0 Å². The van der Waals surface area contributed by atoms with Crippen LogP contribution in [0.15, 0.2) is 18.2 Å². The Hall–Kier alpha value is -1.42. The molecule has 1 spiro atoms. The van der Waals surface area contributed by atoms with Gasteiger partial charge in [0.15, 0.2) is 0 Å². The van der Waals surface area contributed by atoms with E-state index in [0.717, 1.165) is 31.5 Å². The largest absolute Gasteiger partial charge is 0.391 e. The lowest BCUT2D eigenvalue weighted by Crippen LogP contribution is -2.90. The minimum atomic E-state index is -0.926. The Morgan fingerprint density at radius 2 is 1.97 bits per heavy atom. The number of hydrogen-bond acceptors (Lipinski definition) is 5. The van der Waals surface area contributed by atoms with Gasteiger partial charge >= 0.3 is 0 Å². The van der Waals surface area contributed by atoms with E-state index in [0.29, 0.717) is 49.1 Å². The first kappa shape index (κ1) is 24.7. The predicted molar refractivity (Wildman–Crippen MR) is 125 cm³/mol.